The first-order valence-electron chi connectivity index (χ1n) is 7.34. The normalized spacial score (nSPS) is 32.3. The molecule has 1 aromatic rings. The Labute approximate surface area is 133 Å². The highest BCUT2D eigenvalue weighted by Crippen LogP contribution is 2.19. The summed E-state index contributed by atoms with van der Waals surface area (Å²) in [6.45, 7) is -0.566. The van der Waals surface area contributed by atoms with Crippen LogP contribution in [0, 0.1) is 0 Å². The Morgan fingerprint density at radius 2 is 1.87 bits per heavy atom. The second kappa shape index (κ2) is 7.82. The molecule has 6 unspecified atom stereocenters. The van der Waals surface area contributed by atoms with Gasteiger partial charge < -0.3 is 36.2 Å². The van der Waals surface area contributed by atoms with E-state index in [4.69, 9.17) is 15.6 Å². The molecule has 0 bridgehead atoms. The SMILES string of the molecule is NC(Cc1ccccc1)C(=O)NC1C(O)OC(CO)C(O)C1O. The van der Waals surface area contributed by atoms with Crippen LogP contribution in [0.5, 0.6) is 0 Å². The van der Waals surface area contributed by atoms with Crippen molar-refractivity contribution in [3.05, 3.63) is 35.9 Å². The average molecular weight is 326 g/mol. The Hall–Kier alpha value is -1.55. The minimum absolute atomic E-state index is 0.286. The molecule has 0 saturated carbocycles. The van der Waals surface area contributed by atoms with Crippen LogP contribution < -0.4 is 11.1 Å². The zero-order valence-electron chi connectivity index (χ0n) is 12.4. The molecule has 128 valence electrons. The maximum Gasteiger partial charge on any atom is 0.237 e. The Morgan fingerprint density at radius 3 is 2.48 bits per heavy atom. The number of benzene rings is 1. The zero-order valence-corrected chi connectivity index (χ0v) is 12.4. The van der Waals surface area contributed by atoms with E-state index in [-0.39, 0.29) is 6.42 Å². The lowest BCUT2D eigenvalue weighted by atomic mass is 9.96. The molecule has 1 fully saturated rings. The molecular weight excluding hydrogens is 304 g/mol. The summed E-state index contributed by atoms with van der Waals surface area (Å²) in [5, 5.41) is 41.0. The van der Waals surface area contributed by atoms with Gasteiger partial charge in [-0.15, -0.1) is 0 Å². The summed E-state index contributed by atoms with van der Waals surface area (Å²) in [6, 6.07) is 7.04. The predicted octanol–water partition coefficient (Wildman–Crippen LogP) is -2.53. The Morgan fingerprint density at radius 1 is 1.22 bits per heavy atom. The maximum atomic E-state index is 12.1. The van der Waals surface area contributed by atoms with Gasteiger partial charge in [0.05, 0.1) is 12.6 Å². The molecule has 1 aromatic carbocycles. The molecule has 23 heavy (non-hydrogen) atoms. The first kappa shape index (κ1) is 17.8. The summed E-state index contributed by atoms with van der Waals surface area (Å²) in [4.78, 5) is 12.1. The van der Waals surface area contributed by atoms with Crippen molar-refractivity contribution in [2.45, 2.75) is 43.1 Å². The van der Waals surface area contributed by atoms with Gasteiger partial charge in [-0.3, -0.25) is 4.79 Å². The van der Waals surface area contributed by atoms with Gasteiger partial charge in [-0.25, -0.2) is 0 Å². The molecule has 8 heteroatoms. The molecule has 1 aliphatic rings. The molecule has 8 nitrogen and oxygen atoms in total. The third-order valence-corrected chi connectivity index (χ3v) is 3.84. The molecule has 1 aliphatic heterocycles. The summed E-state index contributed by atoms with van der Waals surface area (Å²) in [5.74, 6) is -0.588. The van der Waals surface area contributed by atoms with Crippen molar-refractivity contribution in [3.8, 4) is 0 Å². The van der Waals surface area contributed by atoms with Gasteiger partial charge in [0.1, 0.15) is 24.4 Å². The van der Waals surface area contributed by atoms with Crippen LogP contribution in [0.15, 0.2) is 30.3 Å². The minimum atomic E-state index is -1.56. The molecule has 2 rings (SSSR count). The standard InChI is InChI=1S/C15H22N2O6/c16-9(6-8-4-2-1-3-5-8)14(21)17-11-13(20)12(19)10(7-18)23-15(11)22/h1-5,9-13,15,18-20,22H,6-7,16H2,(H,17,21). The molecule has 1 amide bonds. The number of hydrogen-bond acceptors (Lipinski definition) is 7. The van der Waals surface area contributed by atoms with Gasteiger partial charge in [-0.2, -0.15) is 0 Å². The Kier molecular flexibility index (Phi) is 6.05. The lowest BCUT2D eigenvalue weighted by Crippen LogP contribution is -2.65. The first-order chi connectivity index (χ1) is 10.9. The largest absolute Gasteiger partial charge is 0.394 e. The van der Waals surface area contributed by atoms with Crippen LogP contribution in [0.3, 0.4) is 0 Å². The van der Waals surface area contributed by atoms with E-state index in [1.165, 1.54) is 0 Å². The molecule has 0 aromatic heterocycles. The highest BCUT2D eigenvalue weighted by molar-refractivity contribution is 5.82. The van der Waals surface area contributed by atoms with Gasteiger partial charge in [0.25, 0.3) is 0 Å². The van der Waals surface area contributed by atoms with E-state index in [0.29, 0.717) is 0 Å². The number of amides is 1. The summed E-state index contributed by atoms with van der Waals surface area (Å²) < 4.78 is 4.97. The van der Waals surface area contributed by atoms with Gasteiger partial charge in [0.15, 0.2) is 6.29 Å². The second-order valence-electron chi connectivity index (χ2n) is 5.56. The van der Waals surface area contributed by atoms with Crippen LogP contribution >= 0.6 is 0 Å². The van der Waals surface area contributed by atoms with Gasteiger partial charge in [-0.1, -0.05) is 30.3 Å². The maximum absolute atomic E-state index is 12.1. The van der Waals surface area contributed by atoms with Crippen molar-refractivity contribution < 1.29 is 30.0 Å². The molecule has 1 heterocycles. The van der Waals surface area contributed by atoms with Crippen molar-refractivity contribution >= 4 is 5.91 Å². The topological polar surface area (TPSA) is 145 Å². The second-order valence-corrected chi connectivity index (χ2v) is 5.56. The molecule has 0 spiro atoms. The Bertz CT molecular complexity index is 514. The number of aliphatic hydroxyl groups excluding tert-OH is 4. The fourth-order valence-corrected chi connectivity index (χ4v) is 2.48. The number of rotatable bonds is 5. The summed E-state index contributed by atoms with van der Waals surface area (Å²) in [6.07, 6.45) is -5.30. The van der Waals surface area contributed by atoms with E-state index in [1.54, 1.807) is 0 Å². The predicted molar refractivity (Wildman–Crippen MR) is 80.0 cm³/mol. The van der Waals surface area contributed by atoms with Crippen molar-refractivity contribution in [1.82, 2.24) is 5.32 Å². The highest BCUT2D eigenvalue weighted by atomic mass is 16.6. The Balaban J connectivity index is 1.96. The van der Waals surface area contributed by atoms with Crippen LogP contribution in [-0.2, 0) is 16.0 Å². The van der Waals surface area contributed by atoms with Gasteiger partial charge in [-0.05, 0) is 12.0 Å². The quantitative estimate of drug-likeness (QED) is 0.350. The summed E-state index contributed by atoms with van der Waals surface area (Å²) in [5.41, 5.74) is 6.70. The van der Waals surface area contributed by atoms with Gasteiger partial charge in [0.2, 0.25) is 5.91 Å². The number of nitrogens with one attached hydrogen (secondary N) is 1. The lowest BCUT2D eigenvalue weighted by Gasteiger charge is -2.40. The van der Waals surface area contributed by atoms with Crippen LogP contribution in [-0.4, -0.2) is 69.6 Å². The monoisotopic (exact) mass is 326 g/mol. The molecule has 6 atom stereocenters. The third-order valence-electron chi connectivity index (χ3n) is 3.84. The number of carbonyl (C=O) groups excluding carboxylic acids is 1. The average Bonchev–Trinajstić information content (AvgIpc) is 2.55. The van der Waals surface area contributed by atoms with E-state index in [2.05, 4.69) is 5.32 Å². The summed E-state index contributed by atoms with van der Waals surface area (Å²) in [7, 11) is 0. The van der Waals surface area contributed by atoms with Crippen LogP contribution in [0.25, 0.3) is 0 Å². The number of ether oxygens (including phenoxy) is 1. The lowest BCUT2D eigenvalue weighted by molar-refractivity contribution is -0.253. The van der Waals surface area contributed by atoms with Crippen molar-refractivity contribution in [2.75, 3.05) is 6.61 Å². The van der Waals surface area contributed by atoms with Crippen LogP contribution in [0.4, 0.5) is 0 Å². The number of carbonyl (C=O) groups is 1. The van der Waals surface area contributed by atoms with E-state index in [1.807, 2.05) is 30.3 Å². The fraction of sp³-hybridized carbons (Fsp3) is 0.533. The van der Waals surface area contributed by atoms with Gasteiger partial charge >= 0.3 is 0 Å². The molecule has 0 radical (unpaired) electrons. The fourth-order valence-electron chi connectivity index (χ4n) is 2.48. The third kappa shape index (κ3) is 4.25. The van der Waals surface area contributed by atoms with E-state index < -0.39 is 49.2 Å². The smallest absolute Gasteiger partial charge is 0.237 e. The summed E-state index contributed by atoms with van der Waals surface area (Å²) >= 11 is 0. The van der Waals surface area contributed by atoms with Crippen molar-refractivity contribution in [1.29, 1.82) is 0 Å². The van der Waals surface area contributed by atoms with Crippen molar-refractivity contribution in [2.24, 2.45) is 5.73 Å². The molecule has 1 saturated heterocycles. The van der Waals surface area contributed by atoms with Crippen LogP contribution in [0.1, 0.15) is 5.56 Å². The number of aliphatic hydroxyl groups is 4. The van der Waals surface area contributed by atoms with E-state index in [0.717, 1.165) is 5.56 Å². The molecule has 0 aliphatic carbocycles. The molecular formula is C15H22N2O6. The van der Waals surface area contributed by atoms with Crippen LogP contribution in [0.2, 0.25) is 0 Å². The van der Waals surface area contributed by atoms with E-state index in [9.17, 15) is 20.1 Å². The minimum Gasteiger partial charge on any atom is -0.394 e. The number of nitrogens with two attached hydrogens (primary N) is 1. The molecule has 7 N–H and O–H groups in total. The first-order valence-corrected chi connectivity index (χ1v) is 7.34. The van der Waals surface area contributed by atoms with Gasteiger partial charge in [0, 0.05) is 0 Å². The van der Waals surface area contributed by atoms with Crippen molar-refractivity contribution in [3.63, 3.8) is 0 Å². The highest BCUT2D eigenvalue weighted by Gasteiger charge is 2.44. The van der Waals surface area contributed by atoms with E-state index >= 15 is 0 Å². The number of hydrogen-bond donors (Lipinski definition) is 6. The zero-order chi connectivity index (χ0) is 17.0.